The zero-order valence-electron chi connectivity index (χ0n) is 10.3. The Morgan fingerprint density at radius 1 is 1.28 bits per heavy atom. The number of ether oxygens (including phenoxy) is 1. The molecule has 0 radical (unpaired) electrons. The van der Waals surface area contributed by atoms with E-state index in [1.807, 2.05) is 7.05 Å². The Bertz CT molecular complexity index is 330. The van der Waals surface area contributed by atoms with Crippen LogP contribution < -0.4 is 0 Å². The molecule has 2 aliphatic rings. The first kappa shape index (κ1) is 13.8. The van der Waals surface area contributed by atoms with E-state index in [1.54, 1.807) is 0 Å². The highest BCUT2D eigenvalue weighted by Gasteiger charge is 2.44. The minimum atomic E-state index is -2.28. The van der Waals surface area contributed by atoms with Crippen LogP contribution in [0, 0.1) is 0 Å². The standard InChI is InChI=1S/C12H18F3NO2/c1-16-8-4-12(17,3-2-10(13)11(14)15)5-9(16)7-18-6-8/h8-9,17H,2-7H2,1H3. The number of likely N-dealkylation sites (N-methyl/N-ethyl adjacent to an activating group) is 1. The second-order valence-corrected chi connectivity index (χ2v) is 5.31. The molecule has 0 saturated carbocycles. The third kappa shape index (κ3) is 2.87. The van der Waals surface area contributed by atoms with Crippen molar-refractivity contribution < 1.29 is 23.0 Å². The summed E-state index contributed by atoms with van der Waals surface area (Å²) in [6, 6.07) is 0.175. The Hall–Kier alpha value is -0.590. The van der Waals surface area contributed by atoms with Crippen LogP contribution in [0.2, 0.25) is 0 Å². The molecular weight excluding hydrogens is 247 g/mol. The summed E-state index contributed by atoms with van der Waals surface area (Å²) in [5.41, 5.74) is -1.06. The first-order chi connectivity index (χ1) is 8.41. The van der Waals surface area contributed by atoms with E-state index in [9.17, 15) is 18.3 Å². The number of rotatable bonds is 3. The Balaban J connectivity index is 1.98. The van der Waals surface area contributed by atoms with Crippen LogP contribution in [0.15, 0.2) is 11.9 Å². The lowest BCUT2D eigenvalue weighted by Crippen LogP contribution is -2.60. The molecule has 3 nitrogen and oxygen atoms in total. The van der Waals surface area contributed by atoms with Crippen molar-refractivity contribution in [2.24, 2.45) is 0 Å². The fourth-order valence-corrected chi connectivity index (χ4v) is 2.88. The molecule has 104 valence electrons. The van der Waals surface area contributed by atoms with E-state index in [1.165, 1.54) is 0 Å². The quantitative estimate of drug-likeness (QED) is 0.848. The second kappa shape index (κ2) is 5.19. The predicted octanol–water partition coefficient (Wildman–Crippen LogP) is 2.07. The molecule has 0 spiro atoms. The molecule has 18 heavy (non-hydrogen) atoms. The number of halogens is 3. The second-order valence-electron chi connectivity index (χ2n) is 5.31. The molecule has 0 aromatic heterocycles. The third-order valence-corrected chi connectivity index (χ3v) is 4.02. The summed E-state index contributed by atoms with van der Waals surface area (Å²) in [6.07, 6.45) is -1.75. The minimum Gasteiger partial charge on any atom is -0.390 e. The fourth-order valence-electron chi connectivity index (χ4n) is 2.88. The van der Waals surface area contributed by atoms with Gasteiger partial charge < -0.3 is 9.84 Å². The molecular formula is C12H18F3NO2. The van der Waals surface area contributed by atoms with Crippen LogP contribution in [0.3, 0.4) is 0 Å². The average molecular weight is 265 g/mol. The number of aliphatic hydroxyl groups is 1. The van der Waals surface area contributed by atoms with E-state index in [0.29, 0.717) is 26.1 Å². The van der Waals surface area contributed by atoms with Gasteiger partial charge >= 0.3 is 6.08 Å². The Morgan fingerprint density at radius 2 is 1.83 bits per heavy atom. The summed E-state index contributed by atoms with van der Waals surface area (Å²) in [7, 11) is 1.97. The molecule has 2 atom stereocenters. The molecule has 2 fully saturated rings. The highest BCUT2D eigenvalue weighted by Crippen LogP contribution is 2.37. The van der Waals surface area contributed by atoms with Gasteiger partial charge in [0.25, 0.3) is 0 Å². The molecule has 2 rings (SSSR count). The molecule has 2 bridgehead atoms. The Labute approximate surface area is 104 Å². The normalized spacial score (nSPS) is 36.5. The number of allylic oxidation sites excluding steroid dienone is 1. The van der Waals surface area contributed by atoms with Gasteiger partial charge in [0.2, 0.25) is 0 Å². The molecule has 2 saturated heterocycles. The number of nitrogens with zero attached hydrogens (tertiary/aromatic N) is 1. The summed E-state index contributed by atoms with van der Waals surface area (Å²) in [6.45, 7) is 1.07. The fraction of sp³-hybridized carbons (Fsp3) is 0.833. The van der Waals surface area contributed by atoms with Gasteiger partial charge in [-0.3, -0.25) is 4.90 Å². The first-order valence-corrected chi connectivity index (χ1v) is 6.13. The third-order valence-electron chi connectivity index (χ3n) is 4.02. The van der Waals surface area contributed by atoms with Gasteiger partial charge in [-0.05, 0) is 26.3 Å². The van der Waals surface area contributed by atoms with E-state index in [4.69, 9.17) is 4.74 Å². The van der Waals surface area contributed by atoms with Gasteiger partial charge in [0, 0.05) is 18.5 Å². The van der Waals surface area contributed by atoms with Crippen LogP contribution in [0.25, 0.3) is 0 Å². The van der Waals surface area contributed by atoms with E-state index in [2.05, 4.69) is 4.90 Å². The lowest BCUT2D eigenvalue weighted by molar-refractivity contribution is -0.136. The molecule has 1 N–H and O–H groups in total. The van der Waals surface area contributed by atoms with Gasteiger partial charge in [0.1, 0.15) is 0 Å². The van der Waals surface area contributed by atoms with Gasteiger partial charge in [-0.25, -0.2) is 4.39 Å². The highest BCUT2D eigenvalue weighted by molar-refractivity contribution is 5.01. The maximum Gasteiger partial charge on any atom is 0.301 e. The van der Waals surface area contributed by atoms with Crippen molar-refractivity contribution in [3.05, 3.63) is 11.9 Å². The summed E-state index contributed by atoms with van der Waals surface area (Å²) in [4.78, 5) is 2.15. The van der Waals surface area contributed by atoms with E-state index in [0.717, 1.165) is 0 Å². The van der Waals surface area contributed by atoms with Gasteiger partial charge in [0.15, 0.2) is 5.83 Å². The van der Waals surface area contributed by atoms with Crippen molar-refractivity contribution in [2.45, 2.75) is 43.4 Å². The van der Waals surface area contributed by atoms with Crippen molar-refractivity contribution in [1.29, 1.82) is 0 Å². The van der Waals surface area contributed by atoms with Crippen LogP contribution in [0.1, 0.15) is 25.7 Å². The number of piperidine rings is 1. The van der Waals surface area contributed by atoms with Crippen molar-refractivity contribution in [2.75, 3.05) is 20.3 Å². The van der Waals surface area contributed by atoms with Gasteiger partial charge in [-0.1, -0.05) is 0 Å². The predicted molar refractivity (Wildman–Crippen MR) is 59.9 cm³/mol. The van der Waals surface area contributed by atoms with Gasteiger partial charge in [-0.2, -0.15) is 8.78 Å². The smallest absolute Gasteiger partial charge is 0.301 e. The number of hydrogen-bond acceptors (Lipinski definition) is 3. The van der Waals surface area contributed by atoms with E-state index < -0.39 is 23.9 Å². The minimum absolute atomic E-state index is 0.0387. The largest absolute Gasteiger partial charge is 0.390 e. The molecule has 6 heteroatoms. The zero-order valence-corrected chi connectivity index (χ0v) is 10.3. The lowest BCUT2D eigenvalue weighted by atomic mass is 9.79. The molecule has 2 aliphatic heterocycles. The maximum atomic E-state index is 12.8. The van der Waals surface area contributed by atoms with Crippen LogP contribution in [-0.2, 0) is 4.74 Å². The number of fused-ring (bicyclic) bond motifs is 2. The van der Waals surface area contributed by atoms with Crippen LogP contribution in [0.5, 0.6) is 0 Å². The van der Waals surface area contributed by atoms with Crippen molar-refractivity contribution in [3.63, 3.8) is 0 Å². The highest BCUT2D eigenvalue weighted by atomic mass is 19.3. The van der Waals surface area contributed by atoms with Crippen LogP contribution in [0.4, 0.5) is 13.2 Å². The van der Waals surface area contributed by atoms with Gasteiger partial charge in [0.05, 0.1) is 18.8 Å². The Morgan fingerprint density at radius 3 is 2.33 bits per heavy atom. The van der Waals surface area contributed by atoms with Crippen LogP contribution >= 0.6 is 0 Å². The molecule has 0 amide bonds. The summed E-state index contributed by atoms with van der Waals surface area (Å²) >= 11 is 0. The summed E-state index contributed by atoms with van der Waals surface area (Å²) < 4.78 is 42.2. The molecule has 2 heterocycles. The Kier molecular flexibility index (Phi) is 3.99. The summed E-state index contributed by atoms with van der Waals surface area (Å²) in [5, 5.41) is 10.4. The average Bonchev–Trinajstić information content (AvgIpc) is 2.28. The zero-order chi connectivity index (χ0) is 13.3. The molecule has 0 aromatic carbocycles. The summed E-state index contributed by atoms with van der Waals surface area (Å²) in [5.74, 6) is -1.41. The van der Waals surface area contributed by atoms with E-state index in [-0.39, 0.29) is 18.5 Å². The number of morpholine rings is 1. The monoisotopic (exact) mass is 265 g/mol. The van der Waals surface area contributed by atoms with Crippen molar-refractivity contribution in [3.8, 4) is 0 Å². The number of hydrogen-bond donors (Lipinski definition) is 1. The SMILES string of the molecule is CN1C2COCC1CC(O)(CCC(F)=C(F)F)C2. The van der Waals surface area contributed by atoms with Crippen LogP contribution in [-0.4, -0.2) is 48.0 Å². The van der Waals surface area contributed by atoms with E-state index >= 15 is 0 Å². The first-order valence-electron chi connectivity index (χ1n) is 6.13. The van der Waals surface area contributed by atoms with Gasteiger partial charge in [-0.15, -0.1) is 0 Å². The molecule has 0 aliphatic carbocycles. The van der Waals surface area contributed by atoms with Crippen molar-refractivity contribution >= 4 is 0 Å². The molecule has 2 unspecified atom stereocenters. The topological polar surface area (TPSA) is 32.7 Å². The molecule has 0 aromatic rings. The lowest BCUT2D eigenvalue weighted by Gasteiger charge is -2.50. The maximum absolute atomic E-state index is 12.8. The van der Waals surface area contributed by atoms with Crippen molar-refractivity contribution in [1.82, 2.24) is 4.90 Å².